The Morgan fingerprint density at radius 3 is 2.50 bits per heavy atom. The van der Waals surface area contributed by atoms with E-state index in [9.17, 15) is 4.79 Å². The molecule has 2 heteroatoms. The Balaban J connectivity index is 1.99. The Bertz CT molecular complexity index is 647. The minimum Gasteiger partial charge on any atom is -0.293 e. The Morgan fingerprint density at radius 1 is 1.10 bits per heavy atom. The third-order valence-electron chi connectivity index (χ3n) is 3.68. The zero-order chi connectivity index (χ0) is 14.0. The number of benzene rings is 2. The smallest absolute Gasteiger partial charge is 0.180 e. The number of carbonyl (C=O) groups excluding carboxylic acids is 1. The zero-order valence-electron chi connectivity index (χ0n) is 11.2. The summed E-state index contributed by atoms with van der Waals surface area (Å²) in [5.41, 5.74) is 2.03. The molecular weight excluding hydrogens is 264 g/mol. The van der Waals surface area contributed by atoms with Crippen molar-refractivity contribution in [1.29, 1.82) is 0 Å². The number of hydrogen-bond acceptors (Lipinski definition) is 2. The van der Waals surface area contributed by atoms with Gasteiger partial charge in [0.25, 0.3) is 0 Å². The van der Waals surface area contributed by atoms with Gasteiger partial charge in [0.15, 0.2) is 5.78 Å². The predicted molar refractivity (Wildman–Crippen MR) is 84.3 cm³/mol. The van der Waals surface area contributed by atoms with Gasteiger partial charge in [-0.3, -0.25) is 4.79 Å². The van der Waals surface area contributed by atoms with E-state index in [2.05, 4.69) is 24.8 Å². The van der Waals surface area contributed by atoms with Crippen LogP contribution in [-0.2, 0) is 6.42 Å². The van der Waals surface area contributed by atoms with Crippen LogP contribution in [-0.4, -0.2) is 10.5 Å². The van der Waals surface area contributed by atoms with Gasteiger partial charge in [-0.1, -0.05) is 48.5 Å². The fourth-order valence-electron chi connectivity index (χ4n) is 2.77. The number of allylic oxidation sites excluding steroid dienone is 1. The third-order valence-corrected chi connectivity index (χ3v) is 5.08. The Labute approximate surface area is 123 Å². The highest BCUT2D eigenvalue weighted by molar-refractivity contribution is 8.01. The predicted octanol–water partition coefficient (Wildman–Crippen LogP) is 4.53. The van der Waals surface area contributed by atoms with Gasteiger partial charge >= 0.3 is 0 Å². The summed E-state index contributed by atoms with van der Waals surface area (Å²) >= 11 is 1.67. The van der Waals surface area contributed by atoms with Gasteiger partial charge < -0.3 is 0 Å². The van der Waals surface area contributed by atoms with E-state index < -0.39 is 4.75 Å². The van der Waals surface area contributed by atoms with Crippen LogP contribution in [0.15, 0.2) is 72.1 Å². The van der Waals surface area contributed by atoms with Crippen LogP contribution in [0.3, 0.4) is 0 Å². The molecule has 1 atom stereocenters. The van der Waals surface area contributed by atoms with E-state index in [0.717, 1.165) is 22.4 Å². The van der Waals surface area contributed by atoms with Crippen molar-refractivity contribution < 1.29 is 4.79 Å². The third kappa shape index (κ3) is 2.20. The van der Waals surface area contributed by atoms with E-state index in [0.29, 0.717) is 6.42 Å². The molecule has 0 bridgehead atoms. The van der Waals surface area contributed by atoms with Crippen molar-refractivity contribution in [2.45, 2.75) is 22.5 Å². The maximum Gasteiger partial charge on any atom is 0.180 e. The molecule has 2 aromatic rings. The topological polar surface area (TPSA) is 17.1 Å². The summed E-state index contributed by atoms with van der Waals surface area (Å²) in [6.07, 6.45) is 3.34. The molecule has 1 unspecified atom stereocenters. The molecule has 1 nitrogen and oxygen atoms in total. The van der Waals surface area contributed by atoms with Crippen LogP contribution in [0.1, 0.15) is 22.3 Å². The first-order valence-electron chi connectivity index (χ1n) is 6.73. The highest BCUT2D eigenvalue weighted by Gasteiger charge is 2.45. The van der Waals surface area contributed by atoms with Crippen LogP contribution in [0, 0.1) is 0 Å². The lowest BCUT2D eigenvalue weighted by Gasteiger charge is -2.25. The van der Waals surface area contributed by atoms with Gasteiger partial charge in [0.1, 0.15) is 0 Å². The second-order valence-electron chi connectivity index (χ2n) is 5.07. The van der Waals surface area contributed by atoms with Gasteiger partial charge in [-0.25, -0.2) is 0 Å². The number of fused-ring (bicyclic) bond motifs is 1. The largest absolute Gasteiger partial charge is 0.293 e. The van der Waals surface area contributed by atoms with E-state index in [1.807, 2.05) is 42.5 Å². The van der Waals surface area contributed by atoms with Crippen molar-refractivity contribution in [3.63, 3.8) is 0 Å². The van der Waals surface area contributed by atoms with Crippen molar-refractivity contribution in [3.8, 4) is 0 Å². The number of hydrogen-bond donors (Lipinski definition) is 0. The molecule has 1 aliphatic rings. The Hall–Kier alpha value is -1.80. The first-order chi connectivity index (χ1) is 9.75. The molecule has 1 aliphatic carbocycles. The lowest BCUT2D eigenvalue weighted by atomic mass is 10.00. The second-order valence-corrected chi connectivity index (χ2v) is 6.52. The maximum atomic E-state index is 12.8. The summed E-state index contributed by atoms with van der Waals surface area (Å²) in [6.45, 7) is 3.84. The molecular formula is C18H16OS. The van der Waals surface area contributed by atoms with Gasteiger partial charge in [0.2, 0.25) is 0 Å². The first-order valence-corrected chi connectivity index (χ1v) is 7.54. The Kier molecular flexibility index (Phi) is 3.49. The van der Waals surface area contributed by atoms with Crippen molar-refractivity contribution >= 4 is 17.5 Å². The molecule has 20 heavy (non-hydrogen) atoms. The van der Waals surface area contributed by atoms with E-state index in [1.54, 1.807) is 11.8 Å². The highest BCUT2D eigenvalue weighted by atomic mass is 32.2. The zero-order valence-corrected chi connectivity index (χ0v) is 12.0. The summed E-state index contributed by atoms with van der Waals surface area (Å²) in [5, 5.41) is 0. The van der Waals surface area contributed by atoms with Crippen molar-refractivity contribution in [2.75, 3.05) is 0 Å². The molecule has 0 saturated carbocycles. The van der Waals surface area contributed by atoms with Crippen LogP contribution >= 0.6 is 11.8 Å². The van der Waals surface area contributed by atoms with Crippen LogP contribution < -0.4 is 0 Å². The van der Waals surface area contributed by atoms with Gasteiger partial charge in [0, 0.05) is 10.5 Å². The molecule has 0 aliphatic heterocycles. The normalized spacial score (nSPS) is 20.7. The molecule has 3 rings (SSSR count). The molecule has 0 fully saturated rings. The highest BCUT2D eigenvalue weighted by Crippen LogP contribution is 2.46. The molecule has 100 valence electrons. The summed E-state index contributed by atoms with van der Waals surface area (Å²) in [6, 6.07) is 18.1. The molecule has 0 aromatic heterocycles. The first kappa shape index (κ1) is 13.2. The number of thioether (sulfide) groups is 1. The Morgan fingerprint density at radius 2 is 1.80 bits per heavy atom. The van der Waals surface area contributed by atoms with Crippen LogP contribution in [0.5, 0.6) is 0 Å². The number of carbonyl (C=O) groups is 1. The molecule has 2 aromatic carbocycles. The van der Waals surface area contributed by atoms with Crippen molar-refractivity contribution in [3.05, 3.63) is 78.4 Å². The summed E-state index contributed by atoms with van der Waals surface area (Å²) in [5.74, 6) is 0.238. The molecule has 0 heterocycles. The van der Waals surface area contributed by atoms with E-state index >= 15 is 0 Å². The van der Waals surface area contributed by atoms with E-state index in [-0.39, 0.29) is 5.78 Å². The van der Waals surface area contributed by atoms with E-state index in [1.165, 1.54) is 0 Å². The summed E-state index contributed by atoms with van der Waals surface area (Å²) in [4.78, 5) is 14.0. The number of ketones is 1. The minimum atomic E-state index is -0.424. The molecule has 0 radical (unpaired) electrons. The van der Waals surface area contributed by atoms with E-state index in [4.69, 9.17) is 0 Å². The number of rotatable bonds is 4. The average molecular weight is 280 g/mol. The van der Waals surface area contributed by atoms with Crippen molar-refractivity contribution in [1.82, 2.24) is 0 Å². The quantitative estimate of drug-likeness (QED) is 0.765. The fraction of sp³-hybridized carbons (Fsp3) is 0.167. The van der Waals surface area contributed by atoms with Gasteiger partial charge in [-0.15, -0.1) is 18.3 Å². The van der Waals surface area contributed by atoms with Gasteiger partial charge in [-0.2, -0.15) is 0 Å². The fourth-order valence-corrected chi connectivity index (χ4v) is 4.14. The lowest BCUT2D eigenvalue weighted by Crippen LogP contribution is -2.31. The average Bonchev–Trinajstić information content (AvgIpc) is 2.74. The summed E-state index contributed by atoms with van der Waals surface area (Å²) in [7, 11) is 0. The van der Waals surface area contributed by atoms with Crippen LogP contribution in [0.25, 0.3) is 0 Å². The minimum absolute atomic E-state index is 0.238. The SMILES string of the molecule is C=CCC1(Sc2ccccc2)Cc2ccccc2C1=O. The number of Topliss-reactive ketones (excluding diaryl/α,β-unsaturated/α-hetero) is 1. The van der Waals surface area contributed by atoms with Crippen molar-refractivity contribution in [2.24, 2.45) is 0 Å². The molecule has 0 saturated heterocycles. The molecule has 0 amide bonds. The lowest BCUT2D eigenvalue weighted by molar-refractivity contribution is 0.0958. The molecule has 0 spiro atoms. The summed E-state index contributed by atoms with van der Waals surface area (Å²) < 4.78 is -0.424. The van der Waals surface area contributed by atoms with Crippen LogP contribution in [0.4, 0.5) is 0 Å². The van der Waals surface area contributed by atoms with Crippen LogP contribution in [0.2, 0.25) is 0 Å². The van der Waals surface area contributed by atoms with Gasteiger partial charge in [-0.05, 0) is 30.5 Å². The molecule has 0 N–H and O–H groups in total. The second kappa shape index (κ2) is 5.29. The van der Waals surface area contributed by atoms with Gasteiger partial charge in [0.05, 0.1) is 4.75 Å². The maximum absolute atomic E-state index is 12.8. The monoisotopic (exact) mass is 280 g/mol. The standard InChI is InChI=1S/C18H16OS/c1-2-12-18(20-15-9-4-3-5-10-15)13-14-8-6-7-11-16(14)17(18)19/h2-11H,1,12-13H2.